The summed E-state index contributed by atoms with van der Waals surface area (Å²) in [5.41, 5.74) is 0.595. The third-order valence-electron chi connectivity index (χ3n) is 4.99. The first-order chi connectivity index (χ1) is 14.2. The Morgan fingerprint density at radius 2 is 1.86 bits per heavy atom. The molecule has 7 nitrogen and oxygen atoms in total. The number of methoxy groups -OCH3 is 3. The predicted molar refractivity (Wildman–Crippen MR) is 114 cm³/mol. The first-order valence-corrected chi connectivity index (χ1v) is 10.5. The van der Waals surface area contributed by atoms with Crippen molar-refractivity contribution in [2.24, 2.45) is 0 Å². The van der Waals surface area contributed by atoms with Crippen molar-refractivity contribution in [3.05, 3.63) is 34.5 Å². The second kappa shape index (κ2) is 10.4. The van der Waals surface area contributed by atoms with E-state index in [1.807, 2.05) is 11.0 Å². The maximum absolute atomic E-state index is 13.2. The number of benzene rings is 1. The monoisotopic (exact) mass is 420 g/mol. The second-order valence-corrected chi connectivity index (χ2v) is 7.74. The maximum Gasteiger partial charge on any atom is 0.322 e. The van der Waals surface area contributed by atoms with Gasteiger partial charge in [-0.15, -0.1) is 11.3 Å². The van der Waals surface area contributed by atoms with E-state index < -0.39 is 0 Å². The molecular weight excluding hydrogens is 392 g/mol. The molecule has 0 bridgehead atoms. The van der Waals surface area contributed by atoms with Crippen molar-refractivity contribution in [2.75, 3.05) is 46.4 Å². The van der Waals surface area contributed by atoms with Crippen LogP contribution < -0.4 is 19.5 Å². The fourth-order valence-corrected chi connectivity index (χ4v) is 4.18. The topological polar surface area (TPSA) is 69.3 Å². The Morgan fingerprint density at radius 1 is 1.17 bits per heavy atom. The van der Waals surface area contributed by atoms with Gasteiger partial charge in [0.25, 0.3) is 0 Å². The molecule has 0 unspecified atom stereocenters. The summed E-state index contributed by atoms with van der Waals surface area (Å²) in [6.45, 7) is 2.01. The number of carbonyl (C=O) groups excluding carboxylic acids is 1. The van der Waals surface area contributed by atoms with E-state index in [4.69, 9.17) is 18.9 Å². The van der Waals surface area contributed by atoms with Gasteiger partial charge in [-0.2, -0.15) is 0 Å². The van der Waals surface area contributed by atoms with Gasteiger partial charge in [0.2, 0.25) is 5.75 Å². The summed E-state index contributed by atoms with van der Waals surface area (Å²) in [6.07, 6.45) is 2.51. The molecule has 2 heterocycles. The Hall–Kier alpha value is -2.45. The molecule has 1 aliphatic heterocycles. The van der Waals surface area contributed by atoms with Crippen molar-refractivity contribution in [1.29, 1.82) is 0 Å². The summed E-state index contributed by atoms with van der Waals surface area (Å²) in [4.78, 5) is 16.4. The van der Waals surface area contributed by atoms with Gasteiger partial charge in [-0.1, -0.05) is 6.07 Å². The summed E-state index contributed by atoms with van der Waals surface area (Å²) < 4.78 is 21.6. The molecule has 0 radical (unpaired) electrons. The number of hydrogen-bond donors (Lipinski definition) is 1. The molecule has 0 saturated carbocycles. The van der Waals surface area contributed by atoms with Crippen molar-refractivity contribution in [3.8, 4) is 17.2 Å². The summed E-state index contributed by atoms with van der Waals surface area (Å²) in [6, 6.07) is 7.63. The summed E-state index contributed by atoms with van der Waals surface area (Å²) >= 11 is 1.71. The number of anilines is 1. The van der Waals surface area contributed by atoms with Crippen molar-refractivity contribution in [2.45, 2.75) is 25.3 Å². The highest BCUT2D eigenvalue weighted by atomic mass is 32.1. The minimum absolute atomic E-state index is 0.136. The van der Waals surface area contributed by atoms with Crippen LogP contribution in [0.25, 0.3) is 0 Å². The van der Waals surface area contributed by atoms with E-state index in [9.17, 15) is 4.79 Å². The predicted octanol–water partition coefficient (Wildman–Crippen LogP) is 4.03. The van der Waals surface area contributed by atoms with Gasteiger partial charge >= 0.3 is 6.03 Å². The minimum Gasteiger partial charge on any atom is -0.493 e. The van der Waals surface area contributed by atoms with Crippen LogP contribution in [0, 0.1) is 0 Å². The molecule has 2 amide bonds. The zero-order chi connectivity index (χ0) is 20.6. The molecule has 2 aromatic rings. The lowest BCUT2D eigenvalue weighted by Gasteiger charge is -2.34. The van der Waals surface area contributed by atoms with E-state index in [-0.39, 0.29) is 12.1 Å². The Bertz CT molecular complexity index is 765. The molecular formula is C21H28N2O5S. The third kappa shape index (κ3) is 5.33. The zero-order valence-electron chi connectivity index (χ0n) is 17.1. The van der Waals surface area contributed by atoms with Crippen LogP contribution in [0.1, 0.15) is 17.7 Å². The summed E-state index contributed by atoms with van der Waals surface area (Å²) in [5.74, 6) is 1.49. The van der Waals surface area contributed by atoms with Crippen LogP contribution in [0.4, 0.5) is 10.5 Å². The smallest absolute Gasteiger partial charge is 0.322 e. The molecule has 3 rings (SSSR count). The van der Waals surface area contributed by atoms with E-state index in [0.29, 0.717) is 42.7 Å². The molecule has 1 N–H and O–H groups in total. The fourth-order valence-electron chi connectivity index (χ4n) is 3.48. The number of nitrogens with zero attached hydrogens (tertiary/aromatic N) is 1. The minimum atomic E-state index is -0.136. The normalized spacial score (nSPS) is 14.3. The van der Waals surface area contributed by atoms with Crippen LogP contribution in [0.5, 0.6) is 17.2 Å². The number of amides is 2. The molecule has 1 aliphatic rings. The molecule has 1 fully saturated rings. The van der Waals surface area contributed by atoms with Crippen LogP contribution in [-0.2, 0) is 11.2 Å². The molecule has 29 heavy (non-hydrogen) atoms. The van der Waals surface area contributed by atoms with Gasteiger partial charge in [-0.3, -0.25) is 0 Å². The largest absolute Gasteiger partial charge is 0.493 e. The Balaban J connectivity index is 1.77. The van der Waals surface area contributed by atoms with E-state index in [0.717, 1.165) is 19.3 Å². The lowest BCUT2D eigenvalue weighted by molar-refractivity contribution is 0.0484. The molecule has 1 saturated heterocycles. The maximum atomic E-state index is 13.2. The zero-order valence-corrected chi connectivity index (χ0v) is 17.9. The van der Waals surface area contributed by atoms with E-state index in [1.165, 1.54) is 4.88 Å². The first kappa shape index (κ1) is 21.3. The van der Waals surface area contributed by atoms with E-state index in [2.05, 4.69) is 16.8 Å². The highest BCUT2D eigenvalue weighted by Crippen LogP contribution is 2.40. The van der Waals surface area contributed by atoms with Gasteiger partial charge in [0.05, 0.1) is 27.0 Å². The van der Waals surface area contributed by atoms with Crippen molar-refractivity contribution >= 4 is 23.1 Å². The van der Waals surface area contributed by atoms with Gasteiger partial charge in [-0.05, 0) is 30.7 Å². The number of ether oxygens (including phenoxy) is 4. The van der Waals surface area contributed by atoms with Gasteiger partial charge in [0.15, 0.2) is 11.5 Å². The van der Waals surface area contributed by atoms with Gasteiger partial charge in [-0.25, -0.2) is 4.79 Å². The van der Waals surface area contributed by atoms with Crippen LogP contribution in [0.3, 0.4) is 0 Å². The number of thiophene rings is 1. The van der Waals surface area contributed by atoms with Crippen molar-refractivity contribution < 1.29 is 23.7 Å². The Morgan fingerprint density at radius 3 is 2.41 bits per heavy atom. The highest BCUT2D eigenvalue weighted by Gasteiger charge is 2.26. The average Bonchev–Trinajstić information content (AvgIpc) is 3.27. The molecule has 8 heteroatoms. The van der Waals surface area contributed by atoms with Gasteiger partial charge in [0, 0.05) is 42.8 Å². The Kier molecular flexibility index (Phi) is 7.60. The fraction of sp³-hybridized carbons (Fsp3) is 0.476. The Labute approximate surface area is 175 Å². The van der Waals surface area contributed by atoms with Crippen LogP contribution >= 0.6 is 11.3 Å². The third-order valence-corrected chi connectivity index (χ3v) is 5.92. The lowest BCUT2D eigenvalue weighted by atomic mass is 10.1. The number of nitrogens with one attached hydrogen (secondary N) is 1. The number of carbonyl (C=O) groups is 1. The lowest BCUT2D eigenvalue weighted by Crippen LogP contribution is -2.46. The highest BCUT2D eigenvalue weighted by molar-refractivity contribution is 7.09. The first-order valence-electron chi connectivity index (χ1n) is 9.64. The molecule has 1 aromatic carbocycles. The van der Waals surface area contributed by atoms with Gasteiger partial charge < -0.3 is 29.2 Å². The van der Waals surface area contributed by atoms with Crippen molar-refractivity contribution in [3.63, 3.8) is 0 Å². The summed E-state index contributed by atoms with van der Waals surface area (Å²) in [7, 11) is 4.66. The van der Waals surface area contributed by atoms with Crippen LogP contribution in [0.2, 0.25) is 0 Å². The molecule has 0 spiro atoms. The number of urea groups is 1. The molecule has 0 aliphatic carbocycles. The SMILES string of the molecule is COc1cc(NC(=O)N(CCc2cccs2)C2CCOCC2)cc(OC)c1OC. The van der Waals surface area contributed by atoms with Crippen LogP contribution in [-0.4, -0.2) is 58.1 Å². The van der Waals surface area contributed by atoms with Gasteiger partial charge in [0.1, 0.15) is 0 Å². The standard InChI is InChI=1S/C21H28N2O5S/c1-25-18-13-15(14-19(26-2)20(18)27-3)22-21(24)23(16-7-10-28-11-8-16)9-6-17-5-4-12-29-17/h4-5,12-14,16H,6-11H2,1-3H3,(H,22,24). The van der Waals surface area contributed by atoms with Crippen LogP contribution in [0.15, 0.2) is 29.6 Å². The van der Waals surface area contributed by atoms with Crippen molar-refractivity contribution in [1.82, 2.24) is 4.90 Å². The second-order valence-electron chi connectivity index (χ2n) is 6.71. The average molecular weight is 421 g/mol. The quantitative estimate of drug-likeness (QED) is 0.698. The van der Waals surface area contributed by atoms with E-state index in [1.54, 1.807) is 44.8 Å². The summed E-state index contributed by atoms with van der Waals surface area (Å²) in [5, 5.41) is 5.06. The molecule has 0 atom stereocenters. The molecule has 1 aromatic heterocycles. The number of rotatable bonds is 8. The number of hydrogen-bond acceptors (Lipinski definition) is 6. The molecule has 158 valence electrons. The van der Waals surface area contributed by atoms with E-state index >= 15 is 0 Å².